The van der Waals surface area contributed by atoms with Crippen molar-refractivity contribution >= 4 is 21.5 Å². The first-order valence-corrected chi connectivity index (χ1v) is 10.5. The van der Waals surface area contributed by atoms with Crippen molar-refractivity contribution in [2.24, 2.45) is 0 Å². The Balaban J connectivity index is 1.62. The summed E-state index contributed by atoms with van der Waals surface area (Å²) in [7, 11) is 0. The van der Waals surface area contributed by atoms with Crippen molar-refractivity contribution < 1.29 is 4.98 Å². The fourth-order valence-corrected chi connectivity index (χ4v) is 4.24. The van der Waals surface area contributed by atoms with Gasteiger partial charge in [0.25, 0.3) is 0 Å². The number of rotatable bonds is 2. The van der Waals surface area contributed by atoms with Crippen molar-refractivity contribution in [1.82, 2.24) is 0 Å². The molecule has 0 fully saturated rings. The Hall–Kier alpha value is -3.45. The lowest BCUT2D eigenvalue weighted by atomic mass is 9.86. The second-order valence-electron chi connectivity index (χ2n) is 9.01. The highest BCUT2D eigenvalue weighted by molar-refractivity contribution is 6.10. The number of aromatic amines is 1. The van der Waals surface area contributed by atoms with E-state index in [1.807, 2.05) is 0 Å². The van der Waals surface area contributed by atoms with Gasteiger partial charge >= 0.3 is 0 Å². The van der Waals surface area contributed by atoms with Gasteiger partial charge in [-0.1, -0.05) is 87.5 Å². The maximum absolute atomic E-state index is 3.50. The first-order valence-electron chi connectivity index (χ1n) is 10.5. The minimum absolute atomic E-state index is 0.168. The summed E-state index contributed by atoms with van der Waals surface area (Å²) in [6.07, 6.45) is 2.05. The van der Waals surface area contributed by atoms with Crippen LogP contribution in [-0.4, -0.2) is 0 Å². The van der Waals surface area contributed by atoms with E-state index in [2.05, 4.69) is 123 Å². The second-order valence-corrected chi connectivity index (χ2v) is 9.01. The first-order chi connectivity index (χ1) is 14.5. The van der Waals surface area contributed by atoms with Crippen LogP contribution in [0.1, 0.15) is 26.3 Å². The minimum atomic E-state index is 0.168. The van der Waals surface area contributed by atoms with E-state index in [1.165, 1.54) is 43.8 Å². The Morgan fingerprint density at radius 1 is 0.567 bits per heavy atom. The van der Waals surface area contributed by atoms with E-state index in [1.54, 1.807) is 0 Å². The van der Waals surface area contributed by atoms with Gasteiger partial charge in [0, 0.05) is 17.0 Å². The monoisotopic (exact) mass is 388 g/mol. The third-order valence-electron chi connectivity index (χ3n) is 5.95. The van der Waals surface area contributed by atoms with Crippen LogP contribution in [0.4, 0.5) is 0 Å². The fraction of sp³-hybridized carbons (Fsp3) is 0.138. The molecule has 1 N–H and O–H groups in total. The summed E-state index contributed by atoms with van der Waals surface area (Å²) in [5, 5.41) is 5.09. The summed E-state index contributed by atoms with van der Waals surface area (Å²) in [6.45, 7) is 6.76. The molecule has 0 atom stereocenters. The number of hydrogen-bond donors (Lipinski definition) is 0. The molecule has 0 bridgehead atoms. The van der Waals surface area contributed by atoms with Crippen molar-refractivity contribution in [2.45, 2.75) is 26.2 Å². The summed E-state index contributed by atoms with van der Waals surface area (Å²) in [4.78, 5) is 3.50. The van der Waals surface area contributed by atoms with Crippen molar-refractivity contribution in [3.8, 4) is 22.4 Å². The average Bonchev–Trinajstić information content (AvgIpc) is 2.78. The summed E-state index contributed by atoms with van der Waals surface area (Å²) in [6, 6.07) is 33.0. The van der Waals surface area contributed by atoms with Crippen molar-refractivity contribution in [2.75, 3.05) is 0 Å². The number of pyridine rings is 1. The van der Waals surface area contributed by atoms with Crippen LogP contribution in [0.25, 0.3) is 43.9 Å². The normalized spacial score (nSPS) is 11.8. The molecule has 0 amide bonds. The lowest BCUT2D eigenvalue weighted by Gasteiger charge is -2.19. The summed E-state index contributed by atoms with van der Waals surface area (Å²) in [5.74, 6) is 0. The van der Waals surface area contributed by atoms with Crippen LogP contribution in [0, 0.1) is 0 Å². The predicted molar refractivity (Wildman–Crippen MR) is 128 cm³/mol. The molecule has 5 aromatic rings. The van der Waals surface area contributed by atoms with Gasteiger partial charge in [-0.15, -0.1) is 0 Å². The van der Waals surface area contributed by atoms with Crippen molar-refractivity contribution in [1.29, 1.82) is 0 Å². The lowest BCUT2D eigenvalue weighted by Crippen LogP contribution is -2.10. The van der Waals surface area contributed by atoms with Crippen LogP contribution in [-0.2, 0) is 5.41 Å². The lowest BCUT2D eigenvalue weighted by molar-refractivity contribution is -0.362. The second kappa shape index (κ2) is 7.11. The smallest absolute Gasteiger partial charge is 0.211 e. The van der Waals surface area contributed by atoms with Crippen LogP contribution in [0.3, 0.4) is 0 Å². The Morgan fingerprint density at radius 3 is 2.13 bits per heavy atom. The molecule has 0 aliphatic rings. The van der Waals surface area contributed by atoms with Crippen LogP contribution in [0.5, 0.6) is 0 Å². The number of fused-ring (bicyclic) bond motifs is 3. The quantitative estimate of drug-likeness (QED) is 0.279. The van der Waals surface area contributed by atoms with E-state index in [0.717, 1.165) is 5.69 Å². The molecule has 0 spiro atoms. The fourth-order valence-electron chi connectivity index (χ4n) is 4.24. The molecule has 1 aromatic heterocycles. The zero-order chi connectivity index (χ0) is 20.7. The standard InChI is InChI=1S/C29H25N/c1-29(2,3)24-14-11-20(12-15-24)22-8-6-9-23(19-22)28-27-16-13-21-7-4-5-10-25(21)26(27)17-18-30-28/h4-19H,1-3H3/p+1. The Kier molecular flexibility index (Phi) is 4.40. The molecule has 0 aliphatic carbocycles. The van der Waals surface area contributed by atoms with Crippen molar-refractivity contribution in [3.05, 3.63) is 103 Å². The average molecular weight is 389 g/mol. The summed E-state index contributed by atoms with van der Waals surface area (Å²) in [5.41, 5.74) is 6.37. The molecule has 1 heterocycles. The van der Waals surface area contributed by atoms with Gasteiger partial charge in [0.1, 0.15) is 0 Å². The van der Waals surface area contributed by atoms with Crippen LogP contribution >= 0.6 is 0 Å². The van der Waals surface area contributed by atoms with Gasteiger partial charge in [-0.2, -0.15) is 0 Å². The largest absolute Gasteiger partial charge is 0.218 e. The van der Waals surface area contributed by atoms with Gasteiger partial charge in [0.05, 0.1) is 5.39 Å². The number of H-pyrrole nitrogens is 1. The highest BCUT2D eigenvalue weighted by Gasteiger charge is 2.15. The van der Waals surface area contributed by atoms with Crippen molar-refractivity contribution in [3.63, 3.8) is 0 Å². The van der Waals surface area contributed by atoms with Gasteiger partial charge < -0.3 is 0 Å². The summed E-state index contributed by atoms with van der Waals surface area (Å²) >= 11 is 0. The number of benzene rings is 4. The number of aromatic nitrogens is 1. The number of nitrogens with one attached hydrogen (secondary N) is 1. The highest BCUT2D eigenvalue weighted by atomic mass is 14.7. The van der Waals surface area contributed by atoms with Gasteiger partial charge in [-0.3, -0.25) is 0 Å². The Morgan fingerprint density at radius 2 is 1.33 bits per heavy atom. The number of hydrogen-bond acceptors (Lipinski definition) is 0. The Labute approximate surface area is 178 Å². The molecule has 0 unspecified atom stereocenters. The topological polar surface area (TPSA) is 14.1 Å². The molecule has 4 aromatic carbocycles. The van der Waals surface area contributed by atoms with Crippen LogP contribution in [0.2, 0.25) is 0 Å². The molecule has 1 nitrogen and oxygen atoms in total. The van der Waals surface area contributed by atoms with E-state index in [4.69, 9.17) is 0 Å². The van der Waals surface area contributed by atoms with E-state index >= 15 is 0 Å². The predicted octanol–water partition coefficient (Wildman–Crippen LogP) is 7.44. The zero-order valence-corrected chi connectivity index (χ0v) is 17.7. The van der Waals surface area contributed by atoms with Gasteiger partial charge in [0.2, 0.25) is 5.69 Å². The minimum Gasteiger partial charge on any atom is -0.211 e. The molecule has 0 saturated heterocycles. The highest BCUT2D eigenvalue weighted by Crippen LogP contribution is 2.32. The molecule has 5 rings (SSSR count). The molecular weight excluding hydrogens is 362 g/mol. The third kappa shape index (κ3) is 3.27. The Bertz CT molecular complexity index is 1360. The van der Waals surface area contributed by atoms with E-state index in [-0.39, 0.29) is 5.41 Å². The SMILES string of the molecule is CC(C)(C)c1ccc(-c2cccc(-c3[nH+]ccc4c3ccc3ccccc34)c2)cc1. The van der Waals surface area contributed by atoms with Gasteiger partial charge in [0.15, 0.2) is 6.20 Å². The molecule has 0 saturated carbocycles. The van der Waals surface area contributed by atoms with Crippen LogP contribution < -0.4 is 4.98 Å². The molecular formula is C29H26N+. The maximum Gasteiger partial charge on any atom is 0.218 e. The van der Waals surface area contributed by atoms with E-state index < -0.39 is 0 Å². The zero-order valence-electron chi connectivity index (χ0n) is 17.7. The molecule has 0 aliphatic heterocycles. The van der Waals surface area contributed by atoms with Crippen LogP contribution in [0.15, 0.2) is 97.2 Å². The molecule has 1 heteroatoms. The summed E-state index contributed by atoms with van der Waals surface area (Å²) < 4.78 is 0. The maximum atomic E-state index is 3.50. The molecule has 30 heavy (non-hydrogen) atoms. The van der Waals surface area contributed by atoms with Gasteiger partial charge in [-0.05, 0) is 51.1 Å². The van der Waals surface area contributed by atoms with E-state index in [9.17, 15) is 0 Å². The molecule has 146 valence electrons. The van der Waals surface area contributed by atoms with Gasteiger partial charge in [-0.25, -0.2) is 4.98 Å². The van der Waals surface area contributed by atoms with E-state index in [0.29, 0.717) is 0 Å². The first kappa shape index (κ1) is 18.6. The third-order valence-corrected chi connectivity index (χ3v) is 5.95. The molecule has 0 radical (unpaired) electrons.